The molecule has 5 rings (SSSR count). The Labute approximate surface area is 155 Å². The van der Waals surface area contributed by atoms with Crippen LogP contribution in [0.1, 0.15) is 0 Å². The predicted molar refractivity (Wildman–Crippen MR) is 107 cm³/mol. The van der Waals surface area contributed by atoms with Crippen LogP contribution in [0.4, 0.5) is 5.82 Å². The highest BCUT2D eigenvalue weighted by Crippen LogP contribution is 2.33. The van der Waals surface area contributed by atoms with Crippen molar-refractivity contribution in [3.63, 3.8) is 0 Å². The topological polar surface area (TPSA) is 82.5 Å². The molecule has 6 heteroatoms. The molecule has 2 N–H and O–H groups in total. The molecule has 0 saturated heterocycles. The van der Waals surface area contributed by atoms with Gasteiger partial charge in [0.25, 0.3) is 0 Å². The zero-order valence-corrected chi connectivity index (χ0v) is 14.7. The molecule has 0 spiro atoms. The second-order valence-corrected chi connectivity index (χ2v) is 6.44. The van der Waals surface area contributed by atoms with Gasteiger partial charge in [-0.1, -0.05) is 42.5 Å². The number of nitrogens with two attached hydrogens (primary N) is 1. The first kappa shape index (κ1) is 15.5. The standard InChI is InChI=1S/C21H16N6/c1-27-11-16(18-19(22)24-12-25-21(18)27)14-7-8-15-10-23-20(26-17(15)9-14)13-5-3-2-4-6-13/h2-12H,1H3,(H2,22,24,25). The molecule has 0 radical (unpaired) electrons. The van der Waals surface area contributed by atoms with E-state index in [1.54, 1.807) is 0 Å². The SMILES string of the molecule is Cn1cc(-c2ccc3cnc(-c4ccccc4)nc3c2)c2c(N)ncnc21. The van der Waals surface area contributed by atoms with Crippen molar-refractivity contribution in [3.05, 3.63) is 67.3 Å². The molecule has 0 unspecified atom stereocenters. The Bertz CT molecular complexity index is 1290. The monoisotopic (exact) mass is 352 g/mol. The normalized spacial score (nSPS) is 11.3. The summed E-state index contributed by atoms with van der Waals surface area (Å²) in [6.07, 6.45) is 5.37. The zero-order valence-electron chi connectivity index (χ0n) is 14.7. The molecule has 130 valence electrons. The van der Waals surface area contributed by atoms with E-state index < -0.39 is 0 Å². The number of hydrogen-bond donors (Lipinski definition) is 1. The van der Waals surface area contributed by atoms with Crippen molar-refractivity contribution in [1.29, 1.82) is 0 Å². The molecule has 3 aromatic heterocycles. The van der Waals surface area contributed by atoms with Crippen molar-refractivity contribution in [3.8, 4) is 22.5 Å². The Hall–Kier alpha value is -3.80. The first-order valence-electron chi connectivity index (χ1n) is 8.59. The quantitative estimate of drug-likeness (QED) is 0.522. The predicted octanol–water partition coefficient (Wildman–Crippen LogP) is 3.83. The van der Waals surface area contributed by atoms with Gasteiger partial charge in [-0.3, -0.25) is 0 Å². The molecule has 0 amide bonds. The maximum atomic E-state index is 6.13. The number of nitrogen functional groups attached to an aromatic ring is 1. The fraction of sp³-hybridized carbons (Fsp3) is 0.0476. The Morgan fingerprint density at radius 1 is 0.926 bits per heavy atom. The Morgan fingerprint density at radius 3 is 2.63 bits per heavy atom. The second kappa shape index (κ2) is 5.88. The molecule has 0 saturated carbocycles. The summed E-state index contributed by atoms with van der Waals surface area (Å²) in [6.45, 7) is 0. The van der Waals surface area contributed by atoms with E-state index in [9.17, 15) is 0 Å². The minimum atomic E-state index is 0.475. The van der Waals surface area contributed by atoms with Gasteiger partial charge < -0.3 is 10.3 Å². The van der Waals surface area contributed by atoms with Gasteiger partial charge in [-0.15, -0.1) is 0 Å². The second-order valence-electron chi connectivity index (χ2n) is 6.44. The molecule has 0 aliphatic rings. The summed E-state index contributed by atoms with van der Waals surface area (Å²) in [7, 11) is 1.95. The van der Waals surface area contributed by atoms with Gasteiger partial charge in [-0.2, -0.15) is 0 Å². The number of rotatable bonds is 2. The smallest absolute Gasteiger partial charge is 0.159 e. The molecule has 0 aliphatic heterocycles. The summed E-state index contributed by atoms with van der Waals surface area (Å²) >= 11 is 0. The molecule has 0 atom stereocenters. The lowest BCUT2D eigenvalue weighted by atomic mass is 10.0. The Balaban J connectivity index is 1.71. The summed E-state index contributed by atoms with van der Waals surface area (Å²) in [6, 6.07) is 16.1. The van der Waals surface area contributed by atoms with E-state index in [0.29, 0.717) is 11.6 Å². The van der Waals surface area contributed by atoms with Gasteiger partial charge in [0.2, 0.25) is 0 Å². The number of anilines is 1. The molecule has 5 aromatic rings. The van der Waals surface area contributed by atoms with E-state index in [2.05, 4.69) is 27.1 Å². The average molecular weight is 352 g/mol. The van der Waals surface area contributed by atoms with Crippen LogP contribution in [0.3, 0.4) is 0 Å². The molecule has 3 heterocycles. The van der Waals surface area contributed by atoms with E-state index in [1.807, 2.05) is 60.4 Å². The minimum absolute atomic E-state index is 0.475. The molecular formula is C21H16N6. The Kier molecular flexibility index (Phi) is 3.36. The number of hydrogen-bond acceptors (Lipinski definition) is 5. The number of aryl methyl sites for hydroxylation is 1. The maximum Gasteiger partial charge on any atom is 0.159 e. The van der Waals surface area contributed by atoms with E-state index >= 15 is 0 Å². The summed E-state index contributed by atoms with van der Waals surface area (Å²) < 4.78 is 1.96. The molecular weight excluding hydrogens is 336 g/mol. The molecule has 0 aliphatic carbocycles. The van der Waals surface area contributed by atoms with E-state index in [1.165, 1.54) is 6.33 Å². The Morgan fingerprint density at radius 2 is 1.78 bits per heavy atom. The van der Waals surface area contributed by atoms with Crippen LogP contribution in [0.25, 0.3) is 44.5 Å². The zero-order chi connectivity index (χ0) is 18.4. The van der Waals surface area contributed by atoms with Crippen molar-refractivity contribution in [1.82, 2.24) is 24.5 Å². The largest absolute Gasteiger partial charge is 0.383 e. The van der Waals surface area contributed by atoms with Crippen molar-refractivity contribution in [2.75, 3.05) is 5.73 Å². The van der Waals surface area contributed by atoms with Gasteiger partial charge in [0.1, 0.15) is 17.8 Å². The fourth-order valence-corrected chi connectivity index (χ4v) is 3.37. The van der Waals surface area contributed by atoms with Crippen LogP contribution in [0.2, 0.25) is 0 Å². The van der Waals surface area contributed by atoms with Gasteiger partial charge in [-0.05, 0) is 11.6 Å². The maximum absolute atomic E-state index is 6.13. The van der Waals surface area contributed by atoms with Crippen molar-refractivity contribution >= 4 is 27.8 Å². The molecule has 0 fully saturated rings. The molecule has 27 heavy (non-hydrogen) atoms. The van der Waals surface area contributed by atoms with E-state index in [4.69, 9.17) is 10.7 Å². The first-order chi connectivity index (χ1) is 13.2. The molecule has 2 aromatic carbocycles. The van der Waals surface area contributed by atoms with Crippen LogP contribution in [-0.2, 0) is 7.05 Å². The minimum Gasteiger partial charge on any atom is -0.383 e. The van der Waals surface area contributed by atoms with Gasteiger partial charge in [0, 0.05) is 36.0 Å². The highest BCUT2D eigenvalue weighted by Gasteiger charge is 2.14. The average Bonchev–Trinajstić information content (AvgIpc) is 3.06. The highest BCUT2D eigenvalue weighted by molar-refractivity contribution is 6.01. The van der Waals surface area contributed by atoms with Crippen LogP contribution >= 0.6 is 0 Å². The summed E-state index contributed by atoms with van der Waals surface area (Å²) in [5.74, 6) is 1.18. The van der Waals surface area contributed by atoms with Gasteiger partial charge in [0.05, 0.1) is 10.9 Å². The third kappa shape index (κ3) is 2.50. The van der Waals surface area contributed by atoms with Crippen LogP contribution in [0, 0.1) is 0 Å². The lowest BCUT2D eigenvalue weighted by Gasteiger charge is -2.05. The van der Waals surface area contributed by atoms with Gasteiger partial charge in [-0.25, -0.2) is 19.9 Å². The highest BCUT2D eigenvalue weighted by atomic mass is 15.0. The third-order valence-electron chi connectivity index (χ3n) is 4.71. The third-order valence-corrected chi connectivity index (χ3v) is 4.71. The van der Waals surface area contributed by atoms with Crippen molar-refractivity contribution in [2.45, 2.75) is 0 Å². The lowest BCUT2D eigenvalue weighted by Crippen LogP contribution is -1.94. The summed E-state index contributed by atoms with van der Waals surface area (Å²) in [5.41, 5.74) is 10.8. The van der Waals surface area contributed by atoms with Crippen LogP contribution in [0.15, 0.2) is 67.3 Å². The molecule has 0 bridgehead atoms. The summed E-state index contributed by atoms with van der Waals surface area (Å²) in [5, 5.41) is 1.85. The first-order valence-corrected chi connectivity index (χ1v) is 8.59. The van der Waals surface area contributed by atoms with Gasteiger partial charge >= 0.3 is 0 Å². The number of fused-ring (bicyclic) bond motifs is 2. The van der Waals surface area contributed by atoms with Crippen molar-refractivity contribution in [2.24, 2.45) is 7.05 Å². The van der Waals surface area contributed by atoms with Gasteiger partial charge in [0.15, 0.2) is 5.82 Å². The van der Waals surface area contributed by atoms with E-state index in [0.717, 1.165) is 38.6 Å². The summed E-state index contributed by atoms with van der Waals surface area (Å²) in [4.78, 5) is 17.8. The number of nitrogens with zero attached hydrogens (tertiary/aromatic N) is 5. The molecule has 6 nitrogen and oxygen atoms in total. The van der Waals surface area contributed by atoms with Crippen LogP contribution < -0.4 is 5.73 Å². The fourth-order valence-electron chi connectivity index (χ4n) is 3.37. The van der Waals surface area contributed by atoms with Crippen LogP contribution in [-0.4, -0.2) is 24.5 Å². The van der Waals surface area contributed by atoms with Crippen molar-refractivity contribution < 1.29 is 0 Å². The van der Waals surface area contributed by atoms with E-state index in [-0.39, 0.29) is 0 Å². The number of benzene rings is 2. The lowest BCUT2D eigenvalue weighted by molar-refractivity contribution is 0.945. The van der Waals surface area contributed by atoms with Crippen LogP contribution in [0.5, 0.6) is 0 Å². The number of aromatic nitrogens is 5.